The van der Waals surface area contributed by atoms with Gasteiger partial charge >= 0.3 is 0 Å². The largest absolute Gasteiger partial charge is 0.366 e. The molecule has 1 aliphatic rings. The van der Waals surface area contributed by atoms with Crippen LogP contribution in [0.3, 0.4) is 0 Å². The first-order valence-electron chi connectivity index (χ1n) is 9.19. The van der Waals surface area contributed by atoms with Gasteiger partial charge in [-0.3, -0.25) is 9.59 Å². The van der Waals surface area contributed by atoms with Crippen LogP contribution >= 0.6 is 0 Å². The first-order valence-corrected chi connectivity index (χ1v) is 10.8. The minimum absolute atomic E-state index is 0.121. The fourth-order valence-corrected chi connectivity index (χ4v) is 4.92. The van der Waals surface area contributed by atoms with Crippen molar-refractivity contribution in [3.05, 3.63) is 65.5 Å². The quantitative estimate of drug-likeness (QED) is 0.747. The van der Waals surface area contributed by atoms with E-state index in [0.717, 1.165) is 0 Å². The zero-order valence-corrected chi connectivity index (χ0v) is 16.5. The van der Waals surface area contributed by atoms with E-state index in [0.29, 0.717) is 18.5 Å². The molecule has 0 saturated carbocycles. The maximum Gasteiger partial charge on any atom is 0.250 e. The van der Waals surface area contributed by atoms with Gasteiger partial charge in [-0.15, -0.1) is 0 Å². The molecule has 0 aromatic heterocycles. The SMILES string of the molecule is NC(=O)c1ccccc1NC(=O)C1CCN(S(=O)(=O)Cc2ccccc2F)CC1. The number of sulfonamides is 1. The van der Waals surface area contributed by atoms with Gasteiger partial charge in [0, 0.05) is 24.6 Å². The highest BCUT2D eigenvalue weighted by Gasteiger charge is 2.32. The number of para-hydroxylation sites is 1. The normalized spacial score (nSPS) is 15.8. The fourth-order valence-electron chi connectivity index (χ4n) is 3.34. The summed E-state index contributed by atoms with van der Waals surface area (Å²) in [5.41, 5.74) is 5.99. The highest BCUT2D eigenvalue weighted by Crippen LogP contribution is 2.24. The molecule has 1 aliphatic heterocycles. The Bertz CT molecular complexity index is 1020. The topological polar surface area (TPSA) is 110 Å². The fraction of sp³-hybridized carbons (Fsp3) is 0.300. The summed E-state index contributed by atoms with van der Waals surface area (Å²) < 4.78 is 40.3. The Morgan fingerprint density at radius 1 is 1.07 bits per heavy atom. The summed E-state index contributed by atoms with van der Waals surface area (Å²) in [5, 5.41) is 2.71. The molecule has 0 spiro atoms. The Hall–Kier alpha value is -2.78. The second-order valence-corrected chi connectivity index (χ2v) is 8.89. The molecule has 0 aliphatic carbocycles. The molecule has 2 amide bonds. The lowest BCUT2D eigenvalue weighted by atomic mass is 9.97. The van der Waals surface area contributed by atoms with Gasteiger partial charge in [-0.1, -0.05) is 30.3 Å². The van der Waals surface area contributed by atoms with Crippen molar-refractivity contribution < 1.29 is 22.4 Å². The molecular formula is C20H22FN3O4S. The Morgan fingerprint density at radius 3 is 2.34 bits per heavy atom. The zero-order chi connectivity index (χ0) is 21.0. The Kier molecular flexibility index (Phi) is 6.29. The second kappa shape index (κ2) is 8.71. The van der Waals surface area contributed by atoms with Crippen LogP contribution < -0.4 is 11.1 Å². The molecule has 3 rings (SSSR count). The summed E-state index contributed by atoms with van der Waals surface area (Å²) in [5.74, 6) is -2.29. The molecule has 1 heterocycles. The van der Waals surface area contributed by atoms with E-state index in [-0.39, 0.29) is 30.1 Å². The van der Waals surface area contributed by atoms with Gasteiger partial charge in [-0.05, 0) is 31.0 Å². The number of amides is 2. The van der Waals surface area contributed by atoms with E-state index in [1.165, 1.54) is 28.6 Å². The minimum Gasteiger partial charge on any atom is -0.366 e. The number of piperidine rings is 1. The van der Waals surface area contributed by atoms with Gasteiger partial charge in [-0.25, -0.2) is 17.1 Å². The maximum absolute atomic E-state index is 13.8. The van der Waals surface area contributed by atoms with E-state index in [1.807, 2.05) is 0 Å². The number of carbonyl (C=O) groups excluding carboxylic acids is 2. The van der Waals surface area contributed by atoms with Crippen molar-refractivity contribution in [2.24, 2.45) is 11.7 Å². The molecule has 0 atom stereocenters. The van der Waals surface area contributed by atoms with Crippen molar-refractivity contribution in [1.29, 1.82) is 0 Å². The van der Waals surface area contributed by atoms with Crippen molar-refractivity contribution in [2.75, 3.05) is 18.4 Å². The first-order chi connectivity index (χ1) is 13.8. The third kappa shape index (κ3) is 4.99. The maximum atomic E-state index is 13.8. The number of hydrogen-bond donors (Lipinski definition) is 2. The number of nitrogens with one attached hydrogen (secondary N) is 1. The predicted octanol–water partition coefficient (Wildman–Crippen LogP) is 2.11. The molecule has 29 heavy (non-hydrogen) atoms. The van der Waals surface area contributed by atoms with Gasteiger partial charge < -0.3 is 11.1 Å². The Morgan fingerprint density at radius 2 is 1.69 bits per heavy atom. The average Bonchev–Trinajstić information content (AvgIpc) is 2.70. The van der Waals surface area contributed by atoms with Crippen LogP contribution in [0, 0.1) is 11.7 Å². The molecule has 0 unspecified atom stereocenters. The van der Waals surface area contributed by atoms with Crippen molar-refractivity contribution in [3.63, 3.8) is 0 Å². The first kappa shape index (κ1) is 20.9. The Balaban J connectivity index is 1.61. The predicted molar refractivity (Wildman–Crippen MR) is 107 cm³/mol. The average molecular weight is 419 g/mol. The third-order valence-corrected chi connectivity index (χ3v) is 6.79. The van der Waals surface area contributed by atoms with E-state index in [2.05, 4.69) is 5.32 Å². The summed E-state index contributed by atoms with van der Waals surface area (Å²) in [6.07, 6.45) is 0.669. The van der Waals surface area contributed by atoms with Crippen molar-refractivity contribution in [2.45, 2.75) is 18.6 Å². The van der Waals surface area contributed by atoms with Crippen LogP contribution in [-0.4, -0.2) is 37.6 Å². The summed E-state index contributed by atoms with van der Waals surface area (Å²) in [7, 11) is -3.68. The Labute approximate surface area is 168 Å². The van der Waals surface area contributed by atoms with E-state index < -0.39 is 33.4 Å². The number of nitrogens with zero attached hydrogens (tertiary/aromatic N) is 1. The molecular weight excluding hydrogens is 397 g/mol. The van der Waals surface area contributed by atoms with Crippen LogP contribution in [0.25, 0.3) is 0 Å². The number of primary amides is 1. The van der Waals surface area contributed by atoms with Crippen LogP contribution in [0.4, 0.5) is 10.1 Å². The number of halogens is 1. The number of carbonyl (C=O) groups is 2. The van der Waals surface area contributed by atoms with Gasteiger partial charge in [0.25, 0.3) is 5.91 Å². The van der Waals surface area contributed by atoms with Crippen molar-refractivity contribution in [1.82, 2.24) is 4.31 Å². The molecule has 0 bridgehead atoms. The lowest BCUT2D eigenvalue weighted by molar-refractivity contribution is -0.120. The summed E-state index contributed by atoms with van der Waals surface area (Å²) in [6, 6.07) is 12.2. The third-order valence-electron chi connectivity index (χ3n) is 4.96. The van der Waals surface area contributed by atoms with Crippen molar-refractivity contribution >= 4 is 27.5 Å². The smallest absolute Gasteiger partial charge is 0.250 e. The summed E-state index contributed by atoms with van der Waals surface area (Å²) >= 11 is 0. The molecule has 7 nitrogen and oxygen atoms in total. The van der Waals surface area contributed by atoms with E-state index in [4.69, 9.17) is 5.73 Å². The number of rotatable bonds is 6. The van der Waals surface area contributed by atoms with Gasteiger partial charge in [0.2, 0.25) is 15.9 Å². The highest BCUT2D eigenvalue weighted by atomic mass is 32.2. The van der Waals surface area contributed by atoms with Gasteiger partial charge in [0.15, 0.2) is 0 Å². The molecule has 0 radical (unpaired) electrons. The number of nitrogens with two attached hydrogens (primary N) is 1. The molecule has 154 valence electrons. The second-order valence-electron chi connectivity index (χ2n) is 6.92. The molecule has 3 N–H and O–H groups in total. The number of anilines is 1. The molecule has 9 heteroatoms. The van der Waals surface area contributed by atoms with Crippen LogP contribution in [-0.2, 0) is 20.6 Å². The monoisotopic (exact) mass is 419 g/mol. The standard InChI is InChI=1S/C20H22FN3O4S/c21-17-7-3-1-5-15(17)13-29(27,28)24-11-9-14(10-12-24)20(26)23-18-8-4-2-6-16(18)19(22)25/h1-8,14H,9-13H2,(H2,22,25)(H,23,26). The number of benzene rings is 2. The van der Waals surface area contributed by atoms with Gasteiger partial charge in [0.1, 0.15) is 5.82 Å². The molecule has 2 aromatic carbocycles. The zero-order valence-electron chi connectivity index (χ0n) is 15.7. The van der Waals surface area contributed by atoms with E-state index in [1.54, 1.807) is 24.3 Å². The van der Waals surface area contributed by atoms with Gasteiger partial charge in [0.05, 0.1) is 17.0 Å². The van der Waals surface area contributed by atoms with Crippen LogP contribution in [0.5, 0.6) is 0 Å². The van der Waals surface area contributed by atoms with Crippen LogP contribution in [0.15, 0.2) is 48.5 Å². The van der Waals surface area contributed by atoms with E-state index in [9.17, 15) is 22.4 Å². The van der Waals surface area contributed by atoms with Crippen LogP contribution in [0.2, 0.25) is 0 Å². The number of hydrogen-bond acceptors (Lipinski definition) is 4. The van der Waals surface area contributed by atoms with E-state index >= 15 is 0 Å². The molecule has 1 fully saturated rings. The highest BCUT2D eigenvalue weighted by molar-refractivity contribution is 7.88. The lowest BCUT2D eigenvalue weighted by Crippen LogP contribution is -2.42. The summed E-state index contributed by atoms with van der Waals surface area (Å²) in [4.78, 5) is 24.0. The molecule has 1 saturated heterocycles. The summed E-state index contributed by atoms with van der Waals surface area (Å²) in [6.45, 7) is 0.346. The molecule has 2 aromatic rings. The van der Waals surface area contributed by atoms with Gasteiger partial charge in [-0.2, -0.15) is 0 Å². The van der Waals surface area contributed by atoms with Crippen molar-refractivity contribution in [3.8, 4) is 0 Å². The lowest BCUT2D eigenvalue weighted by Gasteiger charge is -2.30. The van der Waals surface area contributed by atoms with Crippen LogP contribution in [0.1, 0.15) is 28.8 Å². The minimum atomic E-state index is -3.68.